The van der Waals surface area contributed by atoms with Gasteiger partial charge in [0.2, 0.25) is 0 Å². The molecular formula is C18H12F3NO. The van der Waals surface area contributed by atoms with Gasteiger partial charge < -0.3 is 5.11 Å². The van der Waals surface area contributed by atoms with E-state index in [2.05, 4.69) is 4.98 Å². The van der Waals surface area contributed by atoms with Gasteiger partial charge >= 0.3 is 6.18 Å². The molecule has 0 unspecified atom stereocenters. The van der Waals surface area contributed by atoms with Crippen LogP contribution in [0.15, 0.2) is 54.6 Å². The number of fused-ring (bicyclic) bond motifs is 1. The summed E-state index contributed by atoms with van der Waals surface area (Å²) >= 11 is 0. The first-order chi connectivity index (χ1) is 10.9. The molecule has 0 amide bonds. The van der Waals surface area contributed by atoms with Gasteiger partial charge in [-0.25, -0.2) is 4.98 Å². The molecule has 0 aliphatic rings. The van der Waals surface area contributed by atoms with Gasteiger partial charge in [0.1, 0.15) is 11.3 Å². The summed E-state index contributed by atoms with van der Waals surface area (Å²) in [5.41, 5.74) is 1.06. The van der Waals surface area contributed by atoms with Crippen molar-refractivity contribution in [3.05, 3.63) is 71.4 Å². The Morgan fingerprint density at radius 3 is 2.30 bits per heavy atom. The molecular weight excluding hydrogens is 303 g/mol. The van der Waals surface area contributed by atoms with Crippen LogP contribution >= 0.6 is 0 Å². The number of rotatable bonds is 2. The van der Waals surface area contributed by atoms with Crippen LogP contribution in [0.2, 0.25) is 0 Å². The molecule has 0 bridgehead atoms. The Labute approximate surface area is 130 Å². The van der Waals surface area contributed by atoms with Crippen molar-refractivity contribution in [2.75, 3.05) is 0 Å². The first-order valence-corrected chi connectivity index (χ1v) is 6.87. The van der Waals surface area contributed by atoms with Crippen LogP contribution in [0, 0.1) is 0 Å². The van der Waals surface area contributed by atoms with Gasteiger partial charge in [-0.2, -0.15) is 13.2 Å². The maximum atomic E-state index is 12.5. The first-order valence-electron chi connectivity index (χ1n) is 6.87. The maximum Gasteiger partial charge on any atom is 0.416 e. The molecule has 2 nitrogen and oxygen atoms in total. The molecule has 3 aromatic rings. The molecule has 0 atom stereocenters. The highest BCUT2D eigenvalue weighted by Gasteiger charge is 2.29. The number of hydrogen-bond acceptors (Lipinski definition) is 2. The van der Waals surface area contributed by atoms with Crippen LogP contribution < -0.4 is 0 Å². The van der Waals surface area contributed by atoms with Crippen molar-refractivity contribution in [2.45, 2.75) is 6.18 Å². The lowest BCUT2D eigenvalue weighted by molar-refractivity contribution is -0.137. The van der Waals surface area contributed by atoms with Crippen molar-refractivity contribution in [3.8, 4) is 5.75 Å². The molecule has 1 heterocycles. The fraction of sp³-hybridized carbons (Fsp3) is 0.0556. The first kappa shape index (κ1) is 15.1. The Hall–Kier alpha value is -2.82. The number of nitrogens with zero attached hydrogens (tertiary/aromatic N) is 1. The van der Waals surface area contributed by atoms with Crippen molar-refractivity contribution in [2.24, 2.45) is 0 Å². The van der Waals surface area contributed by atoms with E-state index in [1.165, 1.54) is 12.1 Å². The topological polar surface area (TPSA) is 33.1 Å². The van der Waals surface area contributed by atoms with Crippen molar-refractivity contribution in [3.63, 3.8) is 0 Å². The second kappa shape index (κ2) is 5.76. The Morgan fingerprint density at radius 2 is 1.61 bits per heavy atom. The number of phenols is 1. The van der Waals surface area contributed by atoms with Crippen molar-refractivity contribution < 1.29 is 18.3 Å². The van der Waals surface area contributed by atoms with Gasteiger partial charge in [0.05, 0.1) is 11.3 Å². The minimum Gasteiger partial charge on any atom is -0.506 e. The monoisotopic (exact) mass is 315 g/mol. The van der Waals surface area contributed by atoms with Crippen LogP contribution in [-0.2, 0) is 6.18 Å². The average molecular weight is 315 g/mol. The number of benzene rings is 2. The predicted octanol–water partition coefficient (Wildman–Crippen LogP) is 5.13. The quantitative estimate of drug-likeness (QED) is 0.711. The molecule has 23 heavy (non-hydrogen) atoms. The maximum absolute atomic E-state index is 12.5. The largest absolute Gasteiger partial charge is 0.506 e. The number of aromatic nitrogens is 1. The molecule has 0 fully saturated rings. The van der Waals surface area contributed by atoms with Gasteiger partial charge in [0.25, 0.3) is 0 Å². The number of pyridine rings is 1. The summed E-state index contributed by atoms with van der Waals surface area (Å²) in [5.74, 6) is 0.0901. The number of phenolic OH excluding ortho intramolecular Hbond substituents is 1. The highest BCUT2D eigenvalue weighted by Crippen LogP contribution is 2.29. The van der Waals surface area contributed by atoms with Crippen molar-refractivity contribution in [1.82, 2.24) is 4.98 Å². The van der Waals surface area contributed by atoms with E-state index < -0.39 is 11.7 Å². The minimum atomic E-state index is -4.33. The molecule has 1 N–H and O–H groups in total. The van der Waals surface area contributed by atoms with Gasteiger partial charge in [0, 0.05) is 5.39 Å². The van der Waals surface area contributed by atoms with Crippen LogP contribution in [0.4, 0.5) is 13.2 Å². The Morgan fingerprint density at radius 1 is 0.870 bits per heavy atom. The van der Waals surface area contributed by atoms with E-state index in [0.29, 0.717) is 16.8 Å². The molecule has 1 aromatic heterocycles. The lowest BCUT2D eigenvalue weighted by atomic mass is 10.1. The molecule has 116 valence electrons. The standard InChI is InChI=1S/C18H12F3NO/c19-18(20,21)14-8-4-12(5-9-14)6-10-15-11-7-13-2-1-3-16(23)17(13)22-15/h1-11,23H/b10-6+. The zero-order valence-corrected chi connectivity index (χ0v) is 11.9. The zero-order chi connectivity index (χ0) is 16.4. The highest BCUT2D eigenvalue weighted by molar-refractivity contribution is 5.85. The molecule has 0 spiro atoms. The predicted molar refractivity (Wildman–Crippen MR) is 83.8 cm³/mol. The normalized spacial score (nSPS) is 12.1. The van der Waals surface area contributed by atoms with Gasteiger partial charge in [-0.15, -0.1) is 0 Å². The Kier molecular flexibility index (Phi) is 3.78. The van der Waals surface area contributed by atoms with Gasteiger partial charge in [-0.05, 0) is 35.9 Å². The number of hydrogen-bond donors (Lipinski definition) is 1. The Bertz CT molecular complexity index is 868. The summed E-state index contributed by atoms with van der Waals surface area (Å²) in [6.45, 7) is 0. The SMILES string of the molecule is Oc1cccc2ccc(/C=C/c3ccc(C(F)(F)F)cc3)nc12. The Balaban J connectivity index is 1.86. The second-order valence-corrected chi connectivity index (χ2v) is 5.04. The number of halogens is 3. The lowest BCUT2D eigenvalue weighted by Gasteiger charge is -2.06. The van der Waals surface area contributed by atoms with Crippen LogP contribution in [0.25, 0.3) is 23.1 Å². The molecule has 0 aliphatic carbocycles. The van der Waals surface area contributed by atoms with E-state index >= 15 is 0 Å². The third-order valence-electron chi connectivity index (χ3n) is 3.41. The van der Waals surface area contributed by atoms with Crippen LogP contribution in [0.1, 0.15) is 16.8 Å². The molecule has 0 saturated carbocycles. The summed E-state index contributed by atoms with van der Waals surface area (Å²) in [6.07, 6.45) is -0.970. The molecule has 3 rings (SSSR count). The van der Waals surface area contributed by atoms with E-state index in [9.17, 15) is 18.3 Å². The van der Waals surface area contributed by atoms with Crippen LogP contribution in [0.3, 0.4) is 0 Å². The van der Waals surface area contributed by atoms with Gasteiger partial charge in [0.15, 0.2) is 0 Å². The fourth-order valence-electron chi connectivity index (χ4n) is 2.20. The second-order valence-electron chi connectivity index (χ2n) is 5.04. The third kappa shape index (κ3) is 3.34. The summed E-state index contributed by atoms with van der Waals surface area (Å²) in [4.78, 5) is 4.33. The minimum absolute atomic E-state index is 0.0901. The number of para-hydroxylation sites is 1. The smallest absolute Gasteiger partial charge is 0.416 e. The fourth-order valence-corrected chi connectivity index (χ4v) is 2.20. The van der Waals surface area contributed by atoms with E-state index in [4.69, 9.17) is 0 Å². The molecule has 5 heteroatoms. The van der Waals surface area contributed by atoms with Crippen LogP contribution in [-0.4, -0.2) is 10.1 Å². The van der Waals surface area contributed by atoms with Crippen LogP contribution in [0.5, 0.6) is 5.75 Å². The third-order valence-corrected chi connectivity index (χ3v) is 3.41. The van der Waals surface area contributed by atoms with E-state index in [1.807, 2.05) is 12.1 Å². The molecule has 0 saturated heterocycles. The number of aromatic hydroxyl groups is 1. The summed E-state index contributed by atoms with van der Waals surface area (Å²) < 4.78 is 37.5. The summed E-state index contributed by atoms with van der Waals surface area (Å²) in [5, 5.41) is 10.6. The van der Waals surface area contributed by atoms with Crippen molar-refractivity contribution >= 4 is 23.1 Å². The number of alkyl halides is 3. The van der Waals surface area contributed by atoms with Crippen molar-refractivity contribution in [1.29, 1.82) is 0 Å². The molecule has 0 radical (unpaired) electrons. The summed E-state index contributed by atoms with van der Waals surface area (Å²) in [7, 11) is 0. The highest BCUT2D eigenvalue weighted by atomic mass is 19.4. The average Bonchev–Trinajstić information content (AvgIpc) is 2.53. The van der Waals surface area contributed by atoms with Gasteiger partial charge in [-0.1, -0.05) is 36.4 Å². The van der Waals surface area contributed by atoms with E-state index in [0.717, 1.165) is 17.5 Å². The lowest BCUT2D eigenvalue weighted by Crippen LogP contribution is -2.03. The van der Waals surface area contributed by atoms with Gasteiger partial charge in [-0.3, -0.25) is 0 Å². The van der Waals surface area contributed by atoms with E-state index in [-0.39, 0.29) is 5.75 Å². The molecule has 0 aliphatic heterocycles. The zero-order valence-electron chi connectivity index (χ0n) is 11.9. The summed E-state index contributed by atoms with van der Waals surface area (Å²) in [6, 6.07) is 13.6. The van der Waals surface area contributed by atoms with E-state index in [1.54, 1.807) is 30.4 Å². The molecule has 2 aromatic carbocycles.